The maximum absolute atomic E-state index is 11.9. The van der Waals surface area contributed by atoms with Gasteiger partial charge in [0.1, 0.15) is 11.8 Å². The van der Waals surface area contributed by atoms with Crippen molar-refractivity contribution in [2.75, 3.05) is 44.5 Å². The van der Waals surface area contributed by atoms with Crippen molar-refractivity contribution in [2.24, 2.45) is 0 Å². The van der Waals surface area contributed by atoms with Crippen molar-refractivity contribution < 1.29 is 14.3 Å². The van der Waals surface area contributed by atoms with Crippen LogP contribution in [0.4, 0.5) is 11.4 Å². The zero-order chi connectivity index (χ0) is 13.8. The molecule has 0 aromatic heterocycles. The molecule has 1 aromatic carbocycles. The average Bonchev–Trinajstić information content (AvgIpc) is 2.45. The number of amides is 1. The van der Waals surface area contributed by atoms with Crippen LogP contribution in [0, 0.1) is 0 Å². The third kappa shape index (κ3) is 2.90. The van der Waals surface area contributed by atoms with Crippen LogP contribution >= 0.6 is 0 Å². The van der Waals surface area contributed by atoms with E-state index in [2.05, 4.69) is 5.32 Å². The van der Waals surface area contributed by atoms with E-state index in [4.69, 9.17) is 15.2 Å². The van der Waals surface area contributed by atoms with Crippen LogP contribution in [0.25, 0.3) is 0 Å². The highest BCUT2D eigenvalue weighted by atomic mass is 16.5. The maximum atomic E-state index is 11.9. The van der Waals surface area contributed by atoms with Gasteiger partial charge in [-0.15, -0.1) is 0 Å². The van der Waals surface area contributed by atoms with Crippen molar-refractivity contribution in [2.45, 2.75) is 6.04 Å². The Morgan fingerprint density at radius 1 is 1.53 bits per heavy atom. The van der Waals surface area contributed by atoms with Gasteiger partial charge in [-0.05, 0) is 6.07 Å². The number of nitrogens with one attached hydrogen (secondary N) is 1. The lowest BCUT2D eigenvalue weighted by Crippen LogP contribution is -2.53. The van der Waals surface area contributed by atoms with Crippen molar-refractivity contribution in [1.82, 2.24) is 5.32 Å². The number of likely N-dealkylation sites (N-methyl/N-ethyl adjacent to an activating group) is 1. The molecule has 0 aliphatic carbocycles. The van der Waals surface area contributed by atoms with Crippen LogP contribution in [0.5, 0.6) is 5.75 Å². The molecule has 1 aliphatic heterocycles. The number of hydrogen-bond acceptors (Lipinski definition) is 5. The lowest BCUT2D eigenvalue weighted by molar-refractivity contribution is -0.124. The minimum Gasteiger partial charge on any atom is -0.497 e. The van der Waals surface area contributed by atoms with Crippen LogP contribution in [0.1, 0.15) is 0 Å². The second kappa shape index (κ2) is 5.79. The van der Waals surface area contributed by atoms with E-state index in [0.717, 1.165) is 5.69 Å². The Bertz CT molecular complexity index is 464. The Morgan fingerprint density at radius 2 is 2.32 bits per heavy atom. The molecule has 1 aromatic rings. The van der Waals surface area contributed by atoms with E-state index in [-0.39, 0.29) is 11.9 Å². The Morgan fingerprint density at radius 3 is 3.00 bits per heavy atom. The second-order valence-corrected chi connectivity index (χ2v) is 4.36. The first kappa shape index (κ1) is 13.5. The maximum Gasteiger partial charge on any atom is 0.244 e. The lowest BCUT2D eigenvalue weighted by Gasteiger charge is -2.36. The summed E-state index contributed by atoms with van der Waals surface area (Å²) < 4.78 is 10.6. The zero-order valence-corrected chi connectivity index (χ0v) is 11.2. The fourth-order valence-electron chi connectivity index (χ4n) is 2.19. The standard InChI is InChI=1S/C13H19N3O3/c1-15-13(17)12-8-19-4-3-16(12)10-5-9(14)6-11(7-10)18-2/h5-7,12H,3-4,8,14H2,1-2H3,(H,15,17). The molecule has 6 heteroatoms. The van der Waals surface area contributed by atoms with Gasteiger partial charge in [0.2, 0.25) is 5.91 Å². The van der Waals surface area contributed by atoms with Gasteiger partial charge >= 0.3 is 0 Å². The van der Waals surface area contributed by atoms with E-state index in [1.54, 1.807) is 20.2 Å². The summed E-state index contributed by atoms with van der Waals surface area (Å²) >= 11 is 0. The van der Waals surface area contributed by atoms with Crippen molar-refractivity contribution in [3.63, 3.8) is 0 Å². The fraction of sp³-hybridized carbons (Fsp3) is 0.462. The van der Waals surface area contributed by atoms with Gasteiger partial charge in [-0.3, -0.25) is 4.79 Å². The molecular weight excluding hydrogens is 246 g/mol. The largest absolute Gasteiger partial charge is 0.497 e. The van der Waals surface area contributed by atoms with Gasteiger partial charge in [0.25, 0.3) is 0 Å². The molecule has 6 nitrogen and oxygen atoms in total. The number of rotatable bonds is 3. The van der Waals surface area contributed by atoms with Gasteiger partial charge in [-0.1, -0.05) is 0 Å². The van der Waals surface area contributed by atoms with Crippen molar-refractivity contribution in [1.29, 1.82) is 0 Å². The van der Waals surface area contributed by atoms with Crippen LogP contribution in [0.2, 0.25) is 0 Å². The normalized spacial score (nSPS) is 19.1. The minimum atomic E-state index is -0.342. The smallest absolute Gasteiger partial charge is 0.244 e. The molecule has 19 heavy (non-hydrogen) atoms. The van der Waals surface area contributed by atoms with E-state index in [1.165, 1.54) is 0 Å². The minimum absolute atomic E-state index is 0.0684. The molecule has 1 amide bonds. The number of hydrogen-bond donors (Lipinski definition) is 2. The SMILES string of the molecule is CNC(=O)C1COCCN1c1cc(N)cc(OC)c1. The molecule has 0 saturated carbocycles. The van der Waals surface area contributed by atoms with Gasteiger partial charge in [0.05, 0.1) is 20.3 Å². The van der Waals surface area contributed by atoms with Gasteiger partial charge in [-0.25, -0.2) is 0 Å². The number of methoxy groups -OCH3 is 1. The molecule has 1 unspecified atom stereocenters. The molecule has 0 bridgehead atoms. The summed E-state index contributed by atoms with van der Waals surface area (Å²) in [4.78, 5) is 13.9. The Labute approximate surface area is 112 Å². The molecule has 1 aliphatic rings. The van der Waals surface area contributed by atoms with Crippen LogP contribution in [0.3, 0.4) is 0 Å². The number of ether oxygens (including phenoxy) is 2. The molecular formula is C13H19N3O3. The van der Waals surface area contributed by atoms with Crippen molar-refractivity contribution in [3.8, 4) is 5.75 Å². The highest BCUT2D eigenvalue weighted by molar-refractivity contribution is 5.85. The van der Waals surface area contributed by atoms with Crippen molar-refractivity contribution in [3.05, 3.63) is 18.2 Å². The molecule has 1 heterocycles. The van der Waals surface area contributed by atoms with Gasteiger partial charge in [0.15, 0.2) is 0 Å². The third-order valence-corrected chi connectivity index (χ3v) is 3.16. The highest BCUT2D eigenvalue weighted by Gasteiger charge is 2.29. The van der Waals surface area contributed by atoms with Crippen LogP contribution in [0.15, 0.2) is 18.2 Å². The van der Waals surface area contributed by atoms with Crippen molar-refractivity contribution >= 4 is 17.3 Å². The molecule has 0 spiro atoms. The number of carbonyl (C=O) groups excluding carboxylic acids is 1. The zero-order valence-electron chi connectivity index (χ0n) is 11.2. The van der Waals surface area contributed by atoms with Crippen LogP contribution in [-0.4, -0.2) is 45.9 Å². The number of anilines is 2. The number of nitrogen functional groups attached to an aromatic ring is 1. The monoisotopic (exact) mass is 265 g/mol. The quantitative estimate of drug-likeness (QED) is 0.765. The molecule has 2 rings (SSSR count). The topological polar surface area (TPSA) is 76.8 Å². The van der Waals surface area contributed by atoms with Gasteiger partial charge in [-0.2, -0.15) is 0 Å². The van der Waals surface area contributed by atoms with Crippen LogP contribution < -0.4 is 20.7 Å². The van der Waals surface area contributed by atoms with Gasteiger partial charge < -0.3 is 25.4 Å². The van der Waals surface area contributed by atoms with E-state index < -0.39 is 0 Å². The number of benzene rings is 1. The number of carbonyl (C=O) groups is 1. The highest BCUT2D eigenvalue weighted by Crippen LogP contribution is 2.27. The van der Waals surface area contributed by atoms with Crippen LogP contribution in [-0.2, 0) is 9.53 Å². The fourth-order valence-corrected chi connectivity index (χ4v) is 2.19. The summed E-state index contributed by atoms with van der Waals surface area (Å²) in [6.45, 7) is 1.60. The first-order valence-corrected chi connectivity index (χ1v) is 6.16. The van der Waals surface area contributed by atoms with Gasteiger partial charge in [0, 0.05) is 37.1 Å². The molecule has 1 atom stereocenters. The molecule has 0 radical (unpaired) electrons. The summed E-state index contributed by atoms with van der Waals surface area (Å²) in [6.07, 6.45) is 0. The molecule has 1 fully saturated rings. The van der Waals surface area contributed by atoms with E-state index in [1.807, 2.05) is 17.0 Å². The first-order chi connectivity index (χ1) is 9.15. The van der Waals surface area contributed by atoms with E-state index in [9.17, 15) is 4.79 Å². The summed E-state index contributed by atoms with van der Waals surface area (Å²) in [5.74, 6) is 0.609. The average molecular weight is 265 g/mol. The lowest BCUT2D eigenvalue weighted by atomic mass is 10.1. The van der Waals surface area contributed by atoms with E-state index in [0.29, 0.717) is 31.2 Å². The first-order valence-electron chi connectivity index (χ1n) is 6.16. The molecule has 3 N–H and O–H groups in total. The predicted octanol–water partition coefficient (Wildman–Crippen LogP) is 0.229. The molecule has 1 saturated heterocycles. The Balaban J connectivity index is 2.31. The van der Waals surface area contributed by atoms with E-state index >= 15 is 0 Å². The predicted molar refractivity (Wildman–Crippen MR) is 73.4 cm³/mol. The number of morpholine rings is 1. The summed E-state index contributed by atoms with van der Waals surface area (Å²) in [5.41, 5.74) is 7.33. The Kier molecular flexibility index (Phi) is 4.11. The summed E-state index contributed by atoms with van der Waals surface area (Å²) in [7, 11) is 3.21. The molecule has 104 valence electrons. The summed E-state index contributed by atoms with van der Waals surface area (Å²) in [6, 6.07) is 5.12. The number of nitrogens with two attached hydrogens (primary N) is 1. The summed E-state index contributed by atoms with van der Waals surface area (Å²) in [5, 5.41) is 2.65. The second-order valence-electron chi connectivity index (χ2n) is 4.36. The Hall–Kier alpha value is -1.95. The third-order valence-electron chi connectivity index (χ3n) is 3.16. The number of nitrogens with zero attached hydrogens (tertiary/aromatic N) is 1.